The zero-order chi connectivity index (χ0) is 23.9. The van der Waals surface area contributed by atoms with Crippen molar-refractivity contribution in [2.75, 3.05) is 59.2 Å². The molecule has 0 radical (unpaired) electrons. The van der Waals surface area contributed by atoms with E-state index in [9.17, 15) is 9.18 Å². The summed E-state index contributed by atoms with van der Waals surface area (Å²) in [6, 6.07) is 11.4. The number of morpholine rings is 1. The highest BCUT2D eigenvalue weighted by Crippen LogP contribution is 2.54. The van der Waals surface area contributed by atoms with Crippen molar-refractivity contribution in [3.05, 3.63) is 42.0 Å². The van der Waals surface area contributed by atoms with Gasteiger partial charge in [0.15, 0.2) is 5.00 Å². The Morgan fingerprint density at radius 2 is 1.74 bits per heavy atom. The van der Waals surface area contributed by atoms with E-state index >= 15 is 0 Å². The van der Waals surface area contributed by atoms with Crippen molar-refractivity contribution in [2.45, 2.75) is 43.5 Å². The van der Waals surface area contributed by atoms with Gasteiger partial charge in [0, 0.05) is 31.9 Å². The lowest BCUT2D eigenvalue weighted by atomic mass is 9.93. The van der Waals surface area contributed by atoms with Gasteiger partial charge in [-0.15, -0.1) is 0 Å². The molecule has 2 aliphatic carbocycles. The molecule has 6 rings (SSSR count). The molecule has 0 atom stereocenters. The van der Waals surface area contributed by atoms with E-state index in [1.165, 1.54) is 12.8 Å². The summed E-state index contributed by atoms with van der Waals surface area (Å²) in [6.07, 6.45) is 6.16. The van der Waals surface area contributed by atoms with Crippen LogP contribution in [0.5, 0.6) is 0 Å². The van der Waals surface area contributed by atoms with Crippen molar-refractivity contribution < 1.29 is 13.9 Å². The van der Waals surface area contributed by atoms with Crippen molar-refractivity contribution in [3.8, 4) is 0 Å². The van der Waals surface area contributed by atoms with E-state index in [0.29, 0.717) is 42.9 Å². The van der Waals surface area contributed by atoms with E-state index in [0.717, 1.165) is 68.2 Å². The minimum absolute atomic E-state index is 0.179. The molecule has 2 aromatic rings. The van der Waals surface area contributed by atoms with Crippen LogP contribution in [-0.4, -0.2) is 55.3 Å². The maximum Gasteiger partial charge on any atom is 0.258 e. The molecule has 186 valence electrons. The lowest BCUT2D eigenvalue weighted by Gasteiger charge is -2.35. The highest BCUT2D eigenvalue weighted by molar-refractivity contribution is 8.02. The number of nitrogens with one attached hydrogen (secondary N) is 2. The topological polar surface area (TPSA) is 69.7 Å². The minimum Gasteiger partial charge on any atom is -0.378 e. The van der Waals surface area contributed by atoms with Gasteiger partial charge in [-0.1, -0.05) is 6.07 Å². The maximum atomic E-state index is 14.2. The lowest BCUT2D eigenvalue weighted by Crippen LogP contribution is -2.37. The number of benzene rings is 1. The molecule has 1 amide bonds. The fourth-order valence-electron chi connectivity index (χ4n) is 4.94. The summed E-state index contributed by atoms with van der Waals surface area (Å²) in [4.78, 5) is 22.6. The van der Waals surface area contributed by atoms with Crippen molar-refractivity contribution in [2.24, 2.45) is 5.41 Å². The molecule has 1 aromatic heterocycles. The molecule has 4 fully saturated rings. The van der Waals surface area contributed by atoms with Crippen molar-refractivity contribution in [1.82, 2.24) is 4.98 Å². The SMILES string of the molecule is O=C(Nc1cccc(N2CCOCC2)n1)c1ccc(NSC2(F)CC2)cc1N1CCC2(CC1)CC2. The Balaban J connectivity index is 1.21. The third-order valence-electron chi connectivity index (χ3n) is 7.67. The first kappa shape index (κ1) is 22.9. The van der Waals surface area contributed by atoms with Crippen molar-refractivity contribution in [3.63, 3.8) is 0 Å². The first-order valence-electron chi connectivity index (χ1n) is 12.6. The molecule has 1 spiro atoms. The molecule has 7 nitrogen and oxygen atoms in total. The number of anilines is 4. The fraction of sp³-hybridized carbons (Fsp3) is 0.538. The van der Waals surface area contributed by atoms with Crippen LogP contribution in [-0.2, 0) is 4.74 Å². The van der Waals surface area contributed by atoms with Gasteiger partial charge in [0.2, 0.25) is 0 Å². The Morgan fingerprint density at radius 3 is 2.46 bits per heavy atom. The van der Waals surface area contributed by atoms with E-state index in [-0.39, 0.29) is 5.91 Å². The second kappa shape index (κ2) is 9.17. The van der Waals surface area contributed by atoms with E-state index in [2.05, 4.69) is 24.8 Å². The summed E-state index contributed by atoms with van der Waals surface area (Å²) in [5, 5.41) is 1.86. The van der Waals surface area contributed by atoms with Crippen molar-refractivity contribution in [1.29, 1.82) is 0 Å². The Morgan fingerprint density at radius 1 is 0.971 bits per heavy atom. The number of nitrogens with zero attached hydrogens (tertiary/aromatic N) is 3. The minimum atomic E-state index is -1.16. The highest BCUT2D eigenvalue weighted by atomic mass is 32.2. The van der Waals surface area contributed by atoms with Gasteiger partial charge in [-0.3, -0.25) is 4.79 Å². The zero-order valence-electron chi connectivity index (χ0n) is 19.9. The van der Waals surface area contributed by atoms with Crippen LogP contribution in [0.15, 0.2) is 36.4 Å². The summed E-state index contributed by atoms with van der Waals surface area (Å²) in [7, 11) is 0. The third kappa shape index (κ3) is 5.21. The van der Waals surface area contributed by atoms with Gasteiger partial charge in [0.1, 0.15) is 11.6 Å². The van der Waals surface area contributed by atoms with E-state index in [1.807, 2.05) is 36.4 Å². The number of pyridine rings is 1. The number of amides is 1. The normalized spacial score (nSPS) is 22.1. The van der Waals surface area contributed by atoms with Crippen LogP contribution in [0, 0.1) is 5.41 Å². The van der Waals surface area contributed by atoms with Gasteiger partial charge in [0.05, 0.1) is 24.5 Å². The zero-order valence-corrected chi connectivity index (χ0v) is 20.7. The summed E-state index contributed by atoms with van der Waals surface area (Å²) in [5.74, 6) is 1.20. The Kier molecular flexibility index (Phi) is 6.00. The number of hydrogen-bond acceptors (Lipinski definition) is 7. The molecule has 3 heterocycles. The molecule has 0 bridgehead atoms. The molecule has 2 saturated carbocycles. The summed E-state index contributed by atoms with van der Waals surface area (Å²) in [6.45, 7) is 4.82. The molecule has 2 saturated heterocycles. The Bertz CT molecular complexity index is 1090. The predicted molar refractivity (Wildman–Crippen MR) is 139 cm³/mol. The van der Waals surface area contributed by atoms with Gasteiger partial charge in [-0.25, -0.2) is 9.37 Å². The van der Waals surface area contributed by atoms with E-state index in [1.54, 1.807) is 0 Å². The van der Waals surface area contributed by atoms with E-state index < -0.39 is 5.00 Å². The molecule has 4 aliphatic rings. The quantitative estimate of drug-likeness (QED) is 0.518. The average Bonchev–Trinajstić information content (AvgIpc) is 3.83. The van der Waals surface area contributed by atoms with Gasteiger partial charge >= 0.3 is 0 Å². The summed E-state index contributed by atoms with van der Waals surface area (Å²) in [5.41, 5.74) is 2.88. The lowest BCUT2D eigenvalue weighted by molar-refractivity contribution is 0.102. The number of carbonyl (C=O) groups is 1. The number of rotatable bonds is 7. The van der Waals surface area contributed by atoms with Gasteiger partial charge in [-0.2, -0.15) is 0 Å². The van der Waals surface area contributed by atoms with Crippen LogP contribution in [0.3, 0.4) is 0 Å². The molecule has 1 aromatic carbocycles. The second-order valence-electron chi connectivity index (χ2n) is 10.2. The van der Waals surface area contributed by atoms with Gasteiger partial charge in [-0.05, 0) is 86.2 Å². The molecule has 2 N–H and O–H groups in total. The number of carbonyl (C=O) groups excluding carboxylic acids is 1. The molecule has 0 unspecified atom stereocenters. The second-order valence-corrected chi connectivity index (χ2v) is 11.4. The van der Waals surface area contributed by atoms with Gasteiger partial charge < -0.3 is 24.6 Å². The molecule has 35 heavy (non-hydrogen) atoms. The smallest absolute Gasteiger partial charge is 0.258 e. The Labute approximate surface area is 209 Å². The third-order valence-corrected chi connectivity index (χ3v) is 8.78. The maximum absolute atomic E-state index is 14.2. The predicted octanol–water partition coefficient (Wildman–Crippen LogP) is 5.07. The van der Waals surface area contributed by atoms with Crippen LogP contribution in [0.2, 0.25) is 0 Å². The van der Waals surface area contributed by atoms with Crippen LogP contribution >= 0.6 is 11.9 Å². The van der Waals surface area contributed by atoms with Crippen LogP contribution in [0.1, 0.15) is 48.9 Å². The monoisotopic (exact) mass is 497 g/mol. The summed E-state index contributed by atoms with van der Waals surface area (Å²) >= 11 is 1.14. The largest absolute Gasteiger partial charge is 0.378 e. The molecular weight excluding hydrogens is 465 g/mol. The standard InChI is InChI=1S/C26H32FN5O2S/c27-26(8-9-26)35-30-19-4-5-20(21(18-19)31-12-10-25(6-7-25)11-13-31)24(33)29-22-2-1-3-23(28-22)32-14-16-34-17-15-32/h1-5,18,30H,6-17H2,(H,28,29,33). The number of ether oxygens (including phenoxy) is 1. The molecule has 2 aliphatic heterocycles. The molecular formula is C26H32FN5O2S. The van der Waals surface area contributed by atoms with Crippen LogP contribution in [0.4, 0.5) is 27.4 Å². The first-order valence-corrected chi connectivity index (χ1v) is 13.5. The van der Waals surface area contributed by atoms with Gasteiger partial charge in [0.25, 0.3) is 5.91 Å². The number of aromatic nitrogens is 1. The van der Waals surface area contributed by atoms with Crippen LogP contribution < -0.4 is 19.8 Å². The fourth-order valence-corrected chi connectivity index (χ4v) is 5.68. The summed E-state index contributed by atoms with van der Waals surface area (Å²) < 4.78 is 22.8. The Hall–Kier alpha value is -2.52. The molecule has 9 heteroatoms. The number of piperidine rings is 1. The number of alkyl halides is 1. The highest BCUT2D eigenvalue weighted by Gasteiger charge is 2.45. The van der Waals surface area contributed by atoms with E-state index in [4.69, 9.17) is 4.74 Å². The van der Waals surface area contributed by atoms with Crippen LogP contribution in [0.25, 0.3) is 0 Å². The van der Waals surface area contributed by atoms with Crippen molar-refractivity contribution >= 4 is 40.9 Å². The number of hydrogen-bond donors (Lipinski definition) is 2. The first-order chi connectivity index (χ1) is 17.0. The average molecular weight is 498 g/mol. The number of halogens is 1.